The van der Waals surface area contributed by atoms with Crippen LogP contribution in [0.4, 0.5) is 0 Å². The Labute approximate surface area is 148 Å². The molecule has 0 bridgehead atoms. The quantitative estimate of drug-likeness (QED) is 0.736. The second-order valence-corrected chi connectivity index (χ2v) is 10.0. The van der Waals surface area contributed by atoms with Crippen molar-refractivity contribution in [2.45, 2.75) is 37.5 Å². The Morgan fingerprint density at radius 3 is 2.43 bits per heavy atom. The molecule has 0 aromatic heterocycles. The van der Waals surface area contributed by atoms with E-state index in [1.165, 1.54) is 5.56 Å². The molecule has 3 rings (SSSR count). The highest BCUT2D eigenvalue weighted by atomic mass is 79.9. The van der Waals surface area contributed by atoms with E-state index in [4.69, 9.17) is 0 Å². The fraction of sp³-hybridized carbons (Fsp3) is 0.647. The van der Waals surface area contributed by atoms with E-state index in [9.17, 15) is 8.42 Å². The number of halogens is 1. The summed E-state index contributed by atoms with van der Waals surface area (Å²) in [5.41, 5.74) is 1.32. The highest BCUT2D eigenvalue weighted by molar-refractivity contribution is 9.10. The molecular weight excluding hydrogens is 376 g/mol. The molecular formula is C17H25BrN2O2S. The first-order chi connectivity index (χ1) is 11.0. The van der Waals surface area contributed by atoms with Crippen LogP contribution >= 0.6 is 15.9 Å². The SMILES string of the molecule is CN(CC1CCN(Cc2ccccc2Br)CC1)S(=O)(=O)C1CC1. The molecule has 1 heterocycles. The normalized spacial score (nSPS) is 21.0. The summed E-state index contributed by atoms with van der Waals surface area (Å²) < 4.78 is 27.2. The highest BCUT2D eigenvalue weighted by Gasteiger charge is 2.39. The van der Waals surface area contributed by atoms with Crippen LogP contribution in [-0.2, 0) is 16.6 Å². The summed E-state index contributed by atoms with van der Waals surface area (Å²) in [4.78, 5) is 2.46. The third kappa shape index (κ3) is 4.35. The van der Waals surface area contributed by atoms with E-state index in [1.54, 1.807) is 11.4 Å². The molecule has 0 radical (unpaired) electrons. The first-order valence-corrected chi connectivity index (χ1v) is 10.7. The maximum atomic E-state index is 12.2. The standard InChI is InChI=1S/C17H25BrN2O2S/c1-19(23(21,22)16-6-7-16)12-14-8-10-20(11-9-14)13-15-4-2-3-5-17(15)18/h2-5,14,16H,6-13H2,1H3. The van der Waals surface area contributed by atoms with Crippen LogP contribution < -0.4 is 0 Å². The molecule has 1 aliphatic carbocycles. The Bertz CT molecular complexity index is 638. The lowest BCUT2D eigenvalue weighted by Gasteiger charge is -2.33. The van der Waals surface area contributed by atoms with Gasteiger partial charge in [-0.05, 0) is 56.3 Å². The van der Waals surface area contributed by atoms with Crippen molar-refractivity contribution in [1.29, 1.82) is 0 Å². The molecule has 0 unspecified atom stereocenters. The lowest BCUT2D eigenvalue weighted by atomic mass is 9.96. The van der Waals surface area contributed by atoms with Gasteiger partial charge in [0.1, 0.15) is 0 Å². The van der Waals surface area contributed by atoms with E-state index in [0.29, 0.717) is 12.5 Å². The number of sulfonamides is 1. The van der Waals surface area contributed by atoms with Gasteiger partial charge >= 0.3 is 0 Å². The van der Waals surface area contributed by atoms with E-state index in [-0.39, 0.29) is 5.25 Å². The molecule has 4 nitrogen and oxygen atoms in total. The summed E-state index contributed by atoms with van der Waals surface area (Å²) in [5, 5.41) is -0.0944. The van der Waals surface area contributed by atoms with Crippen LogP contribution in [0.15, 0.2) is 28.7 Å². The number of piperidine rings is 1. The van der Waals surface area contributed by atoms with Crippen LogP contribution in [0, 0.1) is 5.92 Å². The smallest absolute Gasteiger partial charge is 0.216 e. The van der Waals surface area contributed by atoms with Gasteiger partial charge in [-0.25, -0.2) is 12.7 Å². The monoisotopic (exact) mass is 400 g/mol. The summed E-state index contributed by atoms with van der Waals surface area (Å²) in [5.74, 6) is 0.490. The van der Waals surface area contributed by atoms with Crippen molar-refractivity contribution in [3.8, 4) is 0 Å². The Morgan fingerprint density at radius 2 is 1.83 bits per heavy atom. The van der Waals surface area contributed by atoms with Crippen molar-refractivity contribution in [2.24, 2.45) is 5.92 Å². The predicted molar refractivity (Wildman–Crippen MR) is 96.7 cm³/mol. The van der Waals surface area contributed by atoms with Crippen LogP contribution in [0.25, 0.3) is 0 Å². The van der Waals surface area contributed by atoms with Gasteiger partial charge < -0.3 is 0 Å². The molecule has 1 aromatic rings. The number of hydrogen-bond acceptors (Lipinski definition) is 3. The fourth-order valence-corrected chi connectivity index (χ4v) is 5.35. The third-order valence-corrected chi connectivity index (χ3v) is 8.06. The molecule has 0 amide bonds. The molecule has 0 spiro atoms. The van der Waals surface area contributed by atoms with Gasteiger partial charge in [0.2, 0.25) is 10.0 Å². The molecule has 6 heteroatoms. The van der Waals surface area contributed by atoms with Gasteiger partial charge in [-0.15, -0.1) is 0 Å². The first-order valence-electron chi connectivity index (χ1n) is 8.37. The number of likely N-dealkylation sites (tertiary alicyclic amines) is 1. The van der Waals surface area contributed by atoms with E-state index in [1.807, 2.05) is 6.07 Å². The topological polar surface area (TPSA) is 40.6 Å². The molecule has 1 aliphatic heterocycles. The van der Waals surface area contributed by atoms with Crippen molar-refractivity contribution < 1.29 is 8.42 Å². The summed E-state index contributed by atoms with van der Waals surface area (Å²) >= 11 is 3.61. The second kappa shape index (κ2) is 7.21. The van der Waals surface area contributed by atoms with Crippen LogP contribution in [0.5, 0.6) is 0 Å². The van der Waals surface area contributed by atoms with Crippen LogP contribution in [0.1, 0.15) is 31.2 Å². The molecule has 2 aliphatic rings. The van der Waals surface area contributed by atoms with Gasteiger partial charge in [-0.3, -0.25) is 4.90 Å². The molecule has 1 aromatic carbocycles. The molecule has 2 fully saturated rings. The fourth-order valence-electron chi connectivity index (χ4n) is 3.28. The highest BCUT2D eigenvalue weighted by Crippen LogP contribution is 2.31. The zero-order chi connectivity index (χ0) is 16.4. The molecule has 0 N–H and O–H groups in total. The Hall–Kier alpha value is -0.430. The minimum atomic E-state index is -3.02. The summed E-state index contributed by atoms with van der Waals surface area (Å²) in [6, 6.07) is 8.35. The largest absolute Gasteiger partial charge is 0.299 e. The Balaban J connectivity index is 1.48. The van der Waals surface area contributed by atoms with Crippen LogP contribution in [-0.4, -0.2) is 49.6 Å². The van der Waals surface area contributed by atoms with E-state index in [2.05, 4.69) is 39.0 Å². The number of hydrogen-bond donors (Lipinski definition) is 0. The zero-order valence-corrected chi connectivity index (χ0v) is 16.0. The van der Waals surface area contributed by atoms with Gasteiger partial charge in [0.25, 0.3) is 0 Å². The average Bonchev–Trinajstić information content (AvgIpc) is 3.36. The van der Waals surface area contributed by atoms with Crippen LogP contribution in [0.3, 0.4) is 0 Å². The van der Waals surface area contributed by atoms with Crippen molar-refractivity contribution >= 4 is 26.0 Å². The summed E-state index contributed by atoms with van der Waals surface area (Å²) in [6.45, 7) is 3.73. The van der Waals surface area contributed by atoms with E-state index < -0.39 is 10.0 Å². The molecule has 1 saturated heterocycles. The number of rotatable bonds is 6. The van der Waals surface area contributed by atoms with E-state index >= 15 is 0 Å². The number of nitrogens with zero attached hydrogens (tertiary/aromatic N) is 2. The van der Waals surface area contributed by atoms with Gasteiger partial charge in [0.05, 0.1) is 5.25 Å². The first kappa shape index (κ1) is 17.4. The summed E-state index contributed by atoms with van der Waals surface area (Å²) in [6.07, 6.45) is 3.85. The van der Waals surface area contributed by atoms with Crippen molar-refractivity contribution in [2.75, 3.05) is 26.7 Å². The third-order valence-electron chi connectivity index (χ3n) is 4.95. The maximum absolute atomic E-state index is 12.2. The lowest BCUT2D eigenvalue weighted by molar-refractivity contribution is 0.166. The molecule has 1 saturated carbocycles. The van der Waals surface area contributed by atoms with Gasteiger partial charge in [-0.2, -0.15) is 0 Å². The minimum absolute atomic E-state index is 0.0944. The average molecular weight is 401 g/mol. The maximum Gasteiger partial charge on any atom is 0.216 e. The number of benzene rings is 1. The van der Waals surface area contributed by atoms with Gasteiger partial charge in [0.15, 0.2) is 0 Å². The summed E-state index contributed by atoms with van der Waals surface area (Å²) in [7, 11) is -1.27. The molecule has 128 valence electrons. The second-order valence-electron chi connectivity index (χ2n) is 6.84. The Morgan fingerprint density at radius 1 is 1.17 bits per heavy atom. The molecule has 23 heavy (non-hydrogen) atoms. The van der Waals surface area contributed by atoms with Crippen molar-refractivity contribution in [1.82, 2.24) is 9.21 Å². The minimum Gasteiger partial charge on any atom is -0.299 e. The van der Waals surface area contributed by atoms with Crippen molar-refractivity contribution in [3.05, 3.63) is 34.3 Å². The van der Waals surface area contributed by atoms with Gasteiger partial charge in [-0.1, -0.05) is 34.1 Å². The lowest BCUT2D eigenvalue weighted by Crippen LogP contribution is -2.40. The van der Waals surface area contributed by atoms with E-state index in [0.717, 1.165) is 49.8 Å². The Kier molecular flexibility index (Phi) is 5.46. The zero-order valence-electron chi connectivity index (χ0n) is 13.6. The van der Waals surface area contributed by atoms with Crippen LogP contribution in [0.2, 0.25) is 0 Å². The predicted octanol–water partition coefficient (Wildman–Crippen LogP) is 3.09. The van der Waals surface area contributed by atoms with Gasteiger partial charge in [0, 0.05) is 24.6 Å². The molecule has 0 atom stereocenters. The van der Waals surface area contributed by atoms with Crippen molar-refractivity contribution in [3.63, 3.8) is 0 Å².